The molecular weight excluding hydrogens is 222 g/mol. The minimum absolute atomic E-state index is 0.534. The molecular formula is C8H15NO7. The van der Waals surface area contributed by atoms with Gasteiger partial charge in [0, 0.05) is 7.11 Å². The Bertz CT molecular complexity index is 249. The fourth-order valence-corrected chi connectivity index (χ4v) is 1.58. The first kappa shape index (κ1) is 13.1. The van der Waals surface area contributed by atoms with Gasteiger partial charge in [-0.25, -0.2) is 4.79 Å². The highest BCUT2D eigenvalue weighted by molar-refractivity contribution is 5.65. The zero-order valence-electron chi connectivity index (χ0n) is 8.65. The first-order valence-electron chi connectivity index (χ1n) is 4.62. The Morgan fingerprint density at radius 2 is 2.06 bits per heavy atom. The molecule has 8 nitrogen and oxygen atoms in total. The van der Waals surface area contributed by atoms with Crippen LogP contribution in [0.3, 0.4) is 0 Å². The summed E-state index contributed by atoms with van der Waals surface area (Å²) in [5.74, 6) is 0. The molecule has 0 aromatic heterocycles. The van der Waals surface area contributed by atoms with Gasteiger partial charge in [-0.05, 0) is 0 Å². The second-order valence-electron chi connectivity index (χ2n) is 3.34. The van der Waals surface area contributed by atoms with Crippen molar-refractivity contribution in [2.24, 2.45) is 5.73 Å². The van der Waals surface area contributed by atoms with Gasteiger partial charge in [-0.3, -0.25) is 0 Å². The van der Waals surface area contributed by atoms with E-state index >= 15 is 0 Å². The van der Waals surface area contributed by atoms with Crippen molar-refractivity contribution in [1.29, 1.82) is 0 Å². The predicted octanol–water partition coefficient (Wildman–Crippen LogP) is -2.46. The summed E-state index contributed by atoms with van der Waals surface area (Å²) in [4.78, 5) is 10.6. The summed E-state index contributed by atoms with van der Waals surface area (Å²) in [6, 6.07) is 0. The Hall–Kier alpha value is -0.930. The van der Waals surface area contributed by atoms with Crippen LogP contribution in [-0.2, 0) is 14.2 Å². The molecule has 8 heteroatoms. The second kappa shape index (κ2) is 5.41. The molecule has 16 heavy (non-hydrogen) atoms. The minimum atomic E-state index is -1.42. The third kappa shape index (κ3) is 2.60. The van der Waals surface area contributed by atoms with Crippen LogP contribution in [0.1, 0.15) is 0 Å². The molecule has 1 amide bonds. The number of aliphatic hydroxyl groups is 3. The van der Waals surface area contributed by atoms with Crippen LogP contribution < -0.4 is 5.73 Å². The fraction of sp³-hybridized carbons (Fsp3) is 0.875. The summed E-state index contributed by atoms with van der Waals surface area (Å²) >= 11 is 0. The van der Waals surface area contributed by atoms with Crippen LogP contribution in [0, 0.1) is 0 Å². The van der Waals surface area contributed by atoms with Crippen molar-refractivity contribution in [3.8, 4) is 0 Å². The molecule has 0 bridgehead atoms. The zero-order valence-corrected chi connectivity index (χ0v) is 8.65. The Balaban J connectivity index is 2.81. The van der Waals surface area contributed by atoms with Crippen LogP contribution in [0.25, 0.3) is 0 Å². The number of carbonyl (C=O) groups excluding carboxylic acids is 1. The fourth-order valence-electron chi connectivity index (χ4n) is 1.58. The van der Waals surface area contributed by atoms with Crippen LogP contribution >= 0.6 is 0 Å². The van der Waals surface area contributed by atoms with Crippen molar-refractivity contribution in [3.63, 3.8) is 0 Å². The monoisotopic (exact) mass is 237 g/mol. The summed E-state index contributed by atoms with van der Waals surface area (Å²) in [5.41, 5.74) is 4.82. The largest absolute Gasteiger partial charge is 0.441 e. The van der Waals surface area contributed by atoms with Crippen molar-refractivity contribution in [2.45, 2.75) is 30.7 Å². The van der Waals surface area contributed by atoms with Crippen LogP contribution in [0.2, 0.25) is 0 Å². The molecule has 5 N–H and O–H groups in total. The van der Waals surface area contributed by atoms with Crippen molar-refractivity contribution in [1.82, 2.24) is 0 Å². The van der Waals surface area contributed by atoms with Gasteiger partial charge in [0.1, 0.15) is 18.3 Å². The molecule has 0 unspecified atom stereocenters. The average molecular weight is 237 g/mol. The average Bonchev–Trinajstić information content (AvgIpc) is 2.22. The van der Waals surface area contributed by atoms with E-state index in [4.69, 9.17) is 20.3 Å². The minimum Gasteiger partial charge on any atom is -0.441 e. The highest BCUT2D eigenvalue weighted by Crippen LogP contribution is 2.24. The van der Waals surface area contributed by atoms with E-state index in [1.807, 2.05) is 0 Å². The Morgan fingerprint density at radius 3 is 2.50 bits per heavy atom. The van der Waals surface area contributed by atoms with E-state index < -0.39 is 43.4 Å². The number of nitrogens with two attached hydrogens (primary N) is 1. The summed E-state index contributed by atoms with van der Waals surface area (Å²) in [6.07, 6.45) is -7.18. The lowest BCUT2D eigenvalue weighted by Crippen LogP contribution is -2.60. The van der Waals surface area contributed by atoms with E-state index in [1.165, 1.54) is 7.11 Å². The maximum atomic E-state index is 10.6. The van der Waals surface area contributed by atoms with Gasteiger partial charge < -0.3 is 35.3 Å². The number of carbonyl (C=O) groups is 1. The number of amides is 1. The van der Waals surface area contributed by atoms with Gasteiger partial charge in [-0.2, -0.15) is 0 Å². The normalized spacial score (nSPS) is 39.4. The molecule has 1 rings (SSSR count). The SMILES string of the molecule is CO[C@H]1[C@@H](OC(N)=O)[C@H](O)[C@@H](CO)O[C@@H]1O. The molecule has 1 aliphatic heterocycles. The molecule has 1 aliphatic rings. The third-order valence-electron chi connectivity index (χ3n) is 2.34. The Morgan fingerprint density at radius 1 is 1.44 bits per heavy atom. The summed E-state index contributed by atoms with van der Waals surface area (Å²) in [7, 11) is 1.25. The van der Waals surface area contributed by atoms with Crippen LogP contribution in [0.5, 0.6) is 0 Å². The number of hydrogen-bond donors (Lipinski definition) is 4. The van der Waals surface area contributed by atoms with Crippen LogP contribution in [-0.4, -0.2) is 65.8 Å². The van der Waals surface area contributed by atoms with E-state index in [9.17, 15) is 15.0 Å². The first-order chi connectivity index (χ1) is 7.51. The molecule has 0 radical (unpaired) electrons. The highest BCUT2D eigenvalue weighted by Gasteiger charge is 2.46. The summed E-state index contributed by atoms with van der Waals surface area (Å²) < 4.78 is 14.3. The number of primary amides is 1. The molecule has 0 aromatic rings. The van der Waals surface area contributed by atoms with Gasteiger partial charge in [0.2, 0.25) is 0 Å². The predicted molar refractivity (Wildman–Crippen MR) is 49.2 cm³/mol. The molecule has 1 fully saturated rings. The smallest absolute Gasteiger partial charge is 0.404 e. The standard InChI is InChI=1S/C8H15NO7/c1-14-6-5(16-8(9)13)4(11)3(2-10)15-7(6)12/h3-7,10-12H,2H2,1H3,(H2,9,13)/t3-,4-,5+,6+,7+/m1/s1. The van der Waals surface area contributed by atoms with Gasteiger partial charge in [-0.15, -0.1) is 0 Å². The quantitative estimate of drug-likeness (QED) is 0.428. The van der Waals surface area contributed by atoms with Crippen molar-refractivity contribution in [3.05, 3.63) is 0 Å². The van der Waals surface area contributed by atoms with E-state index in [0.717, 1.165) is 0 Å². The maximum absolute atomic E-state index is 10.6. The molecule has 1 heterocycles. The lowest BCUT2D eigenvalue weighted by molar-refractivity contribution is -0.290. The van der Waals surface area contributed by atoms with Gasteiger partial charge >= 0.3 is 6.09 Å². The number of rotatable bonds is 3. The summed E-state index contributed by atoms with van der Waals surface area (Å²) in [6.45, 7) is -0.534. The Kier molecular flexibility index (Phi) is 4.44. The third-order valence-corrected chi connectivity index (χ3v) is 2.34. The van der Waals surface area contributed by atoms with Gasteiger partial charge in [0.25, 0.3) is 0 Å². The lowest BCUT2D eigenvalue weighted by Gasteiger charge is -2.40. The van der Waals surface area contributed by atoms with Crippen molar-refractivity contribution < 1.29 is 34.3 Å². The highest BCUT2D eigenvalue weighted by atomic mass is 16.7. The van der Waals surface area contributed by atoms with Crippen LogP contribution in [0.15, 0.2) is 0 Å². The maximum Gasteiger partial charge on any atom is 0.404 e. The van der Waals surface area contributed by atoms with Crippen molar-refractivity contribution >= 4 is 6.09 Å². The Labute approximate surface area is 91.5 Å². The molecule has 0 aromatic carbocycles. The van der Waals surface area contributed by atoms with Gasteiger partial charge in [-0.1, -0.05) is 0 Å². The zero-order chi connectivity index (χ0) is 12.3. The van der Waals surface area contributed by atoms with E-state index in [0.29, 0.717) is 0 Å². The molecule has 5 atom stereocenters. The van der Waals surface area contributed by atoms with E-state index in [1.54, 1.807) is 0 Å². The number of hydrogen-bond acceptors (Lipinski definition) is 7. The molecule has 0 spiro atoms. The number of methoxy groups -OCH3 is 1. The summed E-state index contributed by atoms with van der Waals surface area (Å²) in [5, 5.41) is 28.0. The number of aliphatic hydroxyl groups excluding tert-OH is 3. The van der Waals surface area contributed by atoms with Gasteiger partial charge in [0.05, 0.1) is 6.61 Å². The first-order valence-corrected chi connectivity index (χ1v) is 4.62. The topological polar surface area (TPSA) is 131 Å². The molecule has 0 saturated carbocycles. The molecule has 94 valence electrons. The van der Waals surface area contributed by atoms with E-state index in [2.05, 4.69) is 4.74 Å². The lowest BCUT2D eigenvalue weighted by atomic mass is 9.99. The van der Waals surface area contributed by atoms with Gasteiger partial charge in [0.15, 0.2) is 12.4 Å². The molecule has 0 aliphatic carbocycles. The number of ether oxygens (including phenoxy) is 3. The van der Waals surface area contributed by atoms with E-state index in [-0.39, 0.29) is 0 Å². The second-order valence-corrected chi connectivity index (χ2v) is 3.34. The van der Waals surface area contributed by atoms with Crippen LogP contribution in [0.4, 0.5) is 4.79 Å². The van der Waals surface area contributed by atoms with Crippen molar-refractivity contribution in [2.75, 3.05) is 13.7 Å². The molecule has 1 saturated heterocycles.